The van der Waals surface area contributed by atoms with Crippen molar-refractivity contribution < 1.29 is 9.22 Å². The molecular weight excluding hydrogens is 511 g/mol. The van der Waals surface area contributed by atoms with Crippen molar-refractivity contribution in [3.05, 3.63) is 112 Å². The zero-order valence-corrected chi connectivity index (χ0v) is 25.3. The molecule has 2 aliphatic rings. The molecule has 2 atom stereocenters. The average Bonchev–Trinajstić information content (AvgIpc) is 3.35. The number of benzene rings is 3. The highest BCUT2D eigenvalue weighted by Crippen LogP contribution is 2.45. The van der Waals surface area contributed by atoms with Gasteiger partial charge in [0.2, 0.25) is 0 Å². The van der Waals surface area contributed by atoms with E-state index < -0.39 is 0 Å². The summed E-state index contributed by atoms with van der Waals surface area (Å²) in [6.45, 7) is 16.2. The number of aliphatic imine (C=N–C) groups is 1. The maximum atomic E-state index is 14.5. The maximum Gasteiger partial charge on any atom is 0.147 e. The Balaban J connectivity index is 1.70. The lowest BCUT2D eigenvalue weighted by Crippen LogP contribution is -2.53. The van der Waals surface area contributed by atoms with Crippen molar-refractivity contribution in [1.82, 2.24) is 15.1 Å². The molecule has 0 saturated carbocycles. The molecule has 1 fully saturated rings. The molecule has 0 spiro atoms. The van der Waals surface area contributed by atoms with Crippen LogP contribution in [0, 0.1) is 12.8 Å². The lowest BCUT2D eigenvalue weighted by atomic mass is 9.92. The van der Waals surface area contributed by atoms with E-state index in [-0.39, 0.29) is 18.6 Å². The number of hydrogen-bond donors (Lipinski definition) is 0. The smallest absolute Gasteiger partial charge is 0.147 e. The van der Waals surface area contributed by atoms with Crippen LogP contribution >= 0.6 is 0 Å². The van der Waals surface area contributed by atoms with Crippen LogP contribution in [0.5, 0.6) is 5.75 Å². The summed E-state index contributed by atoms with van der Waals surface area (Å²) in [4.78, 5) is 5.53. The number of hydrazine groups is 1. The van der Waals surface area contributed by atoms with E-state index in [0.717, 1.165) is 28.7 Å². The third-order valence-corrected chi connectivity index (χ3v) is 8.15. The van der Waals surface area contributed by atoms with E-state index in [1.807, 2.05) is 6.07 Å². The Kier molecular flexibility index (Phi) is 8.50. The molecule has 2 unspecified atom stereocenters. The molecule has 1 saturated heterocycles. The molecule has 0 bridgehead atoms. The number of piperazine rings is 1. The van der Waals surface area contributed by atoms with Gasteiger partial charge in [-0.15, -0.1) is 4.48 Å². The molecule has 3 aromatic rings. The Morgan fingerprint density at radius 1 is 0.951 bits per heavy atom. The third kappa shape index (κ3) is 6.03. The monoisotopic (exact) mass is 554 g/mol. The summed E-state index contributed by atoms with van der Waals surface area (Å²) < 4.78 is 20.1. The van der Waals surface area contributed by atoms with Gasteiger partial charge in [0.1, 0.15) is 17.6 Å². The highest BCUT2D eigenvalue weighted by Gasteiger charge is 2.43. The minimum Gasteiger partial charge on any atom is -0.497 e. The molecule has 5 nitrogen and oxygen atoms in total. The minimum atomic E-state index is -0.139. The topological polar surface area (TPSA) is 31.3 Å². The molecule has 0 amide bonds. The standard InChI is InChI=1S/C35H43FN4O/c1-23(2)20-30-21-31(41-7)16-17-32(30)35-37-33(28-14-12-27(13-15-28)24(3)4)34(29-10-8-25(5)9-11-29)40(35)38-18-19-39(36)26(6)22-38/h8-17,21,23-24,33-34H,6,18-20,22H2,1-5,7H3. The molecule has 2 aliphatic heterocycles. The Labute approximate surface area is 244 Å². The summed E-state index contributed by atoms with van der Waals surface area (Å²) >= 11 is 0. The SMILES string of the molecule is C=C1CN(N2C(c3ccc(OC)cc3CC(C)C)=NC(c3ccc(C(C)C)cc3)C2c2ccc(C)cc2)CCN1F. The van der Waals surface area contributed by atoms with Gasteiger partial charge in [0.25, 0.3) is 0 Å². The Morgan fingerprint density at radius 2 is 1.63 bits per heavy atom. The summed E-state index contributed by atoms with van der Waals surface area (Å²) in [6.07, 6.45) is 0.896. The zero-order valence-electron chi connectivity index (χ0n) is 25.3. The quantitative estimate of drug-likeness (QED) is 0.266. The number of hydrogen-bond acceptors (Lipinski definition) is 5. The number of methoxy groups -OCH3 is 1. The van der Waals surface area contributed by atoms with Gasteiger partial charge in [0, 0.05) is 12.1 Å². The zero-order chi connectivity index (χ0) is 29.3. The molecule has 0 aromatic heterocycles. The van der Waals surface area contributed by atoms with E-state index >= 15 is 0 Å². The first kappa shape index (κ1) is 28.9. The molecular formula is C35H43FN4O. The van der Waals surface area contributed by atoms with Crippen LogP contribution in [0.2, 0.25) is 0 Å². The first-order valence-corrected chi connectivity index (χ1v) is 14.7. The van der Waals surface area contributed by atoms with Crippen molar-refractivity contribution in [3.63, 3.8) is 0 Å². The number of halogens is 1. The second-order valence-corrected chi connectivity index (χ2v) is 12.1. The molecule has 41 heavy (non-hydrogen) atoms. The number of ether oxygens (including phenoxy) is 1. The third-order valence-electron chi connectivity index (χ3n) is 8.15. The first-order chi connectivity index (χ1) is 19.7. The predicted octanol–water partition coefficient (Wildman–Crippen LogP) is 7.80. The van der Waals surface area contributed by atoms with Crippen molar-refractivity contribution in [2.45, 2.75) is 59.0 Å². The maximum absolute atomic E-state index is 14.5. The molecule has 0 radical (unpaired) electrons. The van der Waals surface area contributed by atoms with E-state index in [4.69, 9.17) is 9.73 Å². The van der Waals surface area contributed by atoms with Crippen molar-refractivity contribution in [2.24, 2.45) is 10.9 Å². The number of rotatable bonds is 8. The van der Waals surface area contributed by atoms with Crippen LogP contribution in [0.3, 0.4) is 0 Å². The fourth-order valence-corrected chi connectivity index (χ4v) is 5.89. The Morgan fingerprint density at radius 3 is 2.24 bits per heavy atom. The lowest BCUT2D eigenvalue weighted by molar-refractivity contribution is -0.0556. The van der Waals surface area contributed by atoms with Crippen LogP contribution in [-0.4, -0.2) is 47.7 Å². The van der Waals surface area contributed by atoms with Crippen LogP contribution in [-0.2, 0) is 6.42 Å². The van der Waals surface area contributed by atoms with Gasteiger partial charge in [-0.25, -0.2) is 10.1 Å². The van der Waals surface area contributed by atoms with Crippen molar-refractivity contribution >= 4 is 5.84 Å². The van der Waals surface area contributed by atoms with Gasteiger partial charge < -0.3 is 4.74 Å². The highest BCUT2D eigenvalue weighted by atomic mass is 19.2. The van der Waals surface area contributed by atoms with Gasteiger partial charge in [0.05, 0.1) is 31.9 Å². The van der Waals surface area contributed by atoms with E-state index in [9.17, 15) is 4.48 Å². The van der Waals surface area contributed by atoms with Gasteiger partial charge in [-0.2, -0.15) is 0 Å². The van der Waals surface area contributed by atoms with Crippen molar-refractivity contribution in [3.8, 4) is 5.75 Å². The fourth-order valence-electron chi connectivity index (χ4n) is 5.89. The average molecular weight is 555 g/mol. The molecule has 3 aromatic carbocycles. The predicted molar refractivity (Wildman–Crippen MR) is 166 cm³/mol. The molecule has 0 N–H and O–H groups in total. The van der Waals surface area contributed by atoms with Gasteiger partial charge >= 0.3 is 0 Å². The summed E-state index contributed by atoms with van der Waals surface area (Å²) in [5, 5.41) is 5.33. The summed E-state index contributed by atoms with van der Waals surface area (Å²) in [7, 11) is 1.71. The normalized spacial score (nSPS) is 19.8. The van der Waals surface area contributed by atoms with E-state index in [1.54, 1.807) is 7.11 Å². The second-order valence-electron chi connectivity index (χ2n) is 12.1. The molecule has 216 valence electrons. The van der Waals surface area contributed by atoms with E-state index in [0.29, 0.717) is 30.6 Å². The largest absolute Gasteiger partial charge is 0.497 e. The lowest BCUT2D eigenvalue weighted by Gasteiger charge is -2.43. The van der Waals surface area contributed by atoms with E-state index in [1.165, 1.54) is 27.8 Å². The number of amidine groups is 1. The van der Waals surface area contributed by atoms with Crippen LogP contribution in [0.25, 0.3) is 0 Å². The minimum absolute atomic E-state index is 0.0940. The van der Waals surface area contributed by atoms with E-state index in [2.05, 4.69) is 112 Å². The summed E-state index contributed by atoms with van der Waals surface area (Å²) in [5.74, 6) is 2.66. The summed E-state index contributed by atoms with van der Waals surface area (Å²) in [6, 6.07) is 23.7. The summed E-state index contributed by atoms with van der Waals surface area (Å²) in [5.41, 5.74) is 7.62. The molecule has 6 heteroatoms. The van der Waals surface area contributed by atoms with Crippen molar-refractivity contribution in [2.75, 3.05) is 26.7 Å². The van der Waals surface area contributed by atoms with Gasteiger partial charge in [-0.1, -0.05) is 88.4 Å². The second kappa shape index (κ2) is 12.1. The van der Waals surface area contributed by atoms with Crippen LogP contribution in [0.1, 0.15) is 79.1 Å². The van der Waals surface area contributed by atoms with Crippen LogP contribution in [0.15, 0.2) is 84.0 Å². The first-order valence-electron chi connectivity index (χ1n) is 14.7. The number of nitrogens with zero attached hydrogens (tertiary/aromatic N) is 4. The highest BCUT2D eigenvalue weighted by molar-refractivity contribution is 6.01. The fraction of sp³-hybridized carbons (Fsp3) is 0.400. The van der Waals surface area contributed by atoms with Gasteiger partial charge in [-0.3, -0.25) is 10.0 Å². The molecule has 2 heterocycles. The van der Waals surface area contributed by atoms with Crippen molar-refractivity contribution in [1.29, 1.82) is 0 Å². The van der Waals surface area contributed by atoms with Crippen LogP contribution in [0.4, 0.5) is 4.48 Å². The Hall–Kier alpha value is -3.64. The molecule has 0 aliphatic carbocycles. The van der Waals surface area contributed by atoms with Crippen LogP contribution < -0.4 is 4.74 Å². The number of aryl methyl sites for hydroxylation is 1. The molecule has 5 rings (SSSR count). The Bertz CT molecular complexity index is 1400. The van der Waals surface area contributed by atoms with Gasteiger partial charge in [0.15, 0.2) is 0 Å². The van der Waals surface area contributed by atoms with Gasteiger partial charge in [-0.05, 0) is 65.6 Å².